The number of rotatable bonds is 9. The van der Waals surface area contributed by atoms with E-state index >= 15 is 0 Å². The zero-order chi connectivity index (χ0) is 25.4. The maximum Gasteiger partial charge on any atom is 0.407 e. The molecular weight excluding hydrogens is 482 g/mol. The van der Waals surface area contributed by atoms with Gasteiger partial charge in [0.05, 0.1) is 6.07 Å². The predicted molar refractivity (Wildman–Crippen MR) is 115 cm³/mol. The molecule has 2 atom stereocenters. The van der Waals surface area contributed by atoms with Crippen molar-refractivity contribution < 1.29 is 31.1 Å². The summed E-state index contributed by atoms with van der Waals surface area (Å²) in [5.41, 5.74) is -1.11. The number of carbonyl (C=O) groups is 1. The highest BCUT2D eigenvalue weighted by atomic mass is 32.2. The zero-order valence-corrected chi connectivity index (χ0v) is 18.8. The molecule has 5 nitrogen and oxygen atoms in total. The molecule has 1 fully saturated rings. The lowest BCUT2D eigenvalue weighted by Gasteiger charge is -2.26. The average molecular weight is 505 g/mol. The Bertz CT molecular complexity index is 962. The second kappa shape index (κ2) is 11.6. The standard InChI is InChI=1S/C17H16F6N2S.C5H6N2O/c1-11(10-26-17(22,23)14-4-2-3-9-24-14)25-15(16(19,20)21)12-5-7-13(18)8-6-12;6-3-5(1-2-5)7-4-8/h2-9,11,15,25H,10H2,1H3;4H,1-2H2,(H,7,8). The smallest absolute Gasteiger partial charge is 0.340 e. The highest BCUT2D eigenvalue weighted by Gasteiger charge is 2.43. The van der Waals surface area contributed by atoms with Crippen LogP contribution in [0.4, 0.5) is 26.3 Å². The van der Waals surface area contributed by atoms with Gasteiger partial charge in [-0.25, -0.2) is 4.39 Å². The van der Waals surface area contributed by atoms with Crippen molar-refractivity contribution in [2.24, 2.45) is 0 Å². The minimum atomic E-state index is -4.65. The number of carbonyl (C=O) groups excluding carboxylic acids is 1. The predicted octanol–water partition coefficient (Wildman–Crippen LogP) is 5.07. The molecule has 0 spiro atoms. The summed E-state index contributed by atoms with van der Waals surface area (Å²) in [5, 5.41) is 9.73. The zero-order valence-electron chi connectivity index (χ0n) is 18.0. The molecule has 1 amide bonds. The van der Waals surface area contributed by atoms with Crippen LogP contribution in [0.5, 0.6) is 0 Å². The van der Waals surface area contributed by atoms with Crippen molar-refractivity contribution in [2.75, 3.05) is 5.75 Å². The summed E-state index contributed by atoms with van der Waals surface area (Å²) in [5.74, 6) is -0.939. The summed E-state index contributed by atoms with van der Waals surface area (Å²) in [7, 11) is 0. The van der Waals surface area contributed by atoms with Gasteiger partial charge in [0, 0.05) is 18.0 Å². The third-order valence-electron chi connectivity index (χ3n) is 4.76. The van der Waals surface area contributed by atoms with Crippen molar-refractivity contribution in [2.45, 2.75) is 48.8 Å². The topological polar surface area (TPSA) is 77.8 Å². The molecule has 34 heavy (non-hydrogen) atoms. The molecule has 0 aliphatic heterocycles. The fourth-order valence-corrected chi connectivity index (χ4v) is 3.56. The van der Waals surface area contributed by atoms with E-state index in [-0.39, 0.29) is 23.1 Å². The molecule has 2 N–H and O–H groups in total. The summed E-state index contributed by atoms with van der Waals surface area (Å²) in [6.45, 7) is 1.38. The van der Waals surface area contributed by atoms with Crippen LogP contribution in [0.3, 0.4) is 0 Å². The molecule has 1 heterocycles. The molecule has 1 aliphatic carbocycles. The number of nitriles is 1. The molecule has 0 bridgehead atoms. The van der Waals surface area contributed by atoms with Crippen molar-refractivity contribution in [3.63, 3.8) is 0 Å². The van der Waals surface area contributed by atoms with Gasteiger partial charge in [0.2, 0.25) is 6.41 Å². The Morgan fingerprint density at radius 1 is 1.18 bits per heavy atom. The first-order chi connectivity index (χ1) is 15.9. The molecule has 1 aliphatic rings. The first-order valence-corrected chi connectivity index (χ1v) is 11.0. The van der Waals surface area contributed by atoms with Crippen LogP contribution in [0, 0.1) is 17.1 Å². The number of thioether (sulfide) groups is 1. The van der Waals surface area contributed by atoms with Crippen LogP contribution in [-0.2, 0) is 10.0 Å². The number of nitrogens with zero attached hydrogens (tertiary/aromatic N) is 2. The van der Waals surface area contributed by atoms with Gasteiger partial charge in [0.15, 0.2) is 0 Å². The summed E-state index contributed by atoms with van der Waals surface area (Å²) in [6.07, 6.45) is -1.24. The second-order valence-corrected chi connectivity index (χ2v) is 8.73. The van der Waals surface area contributed by atoms with Gasteiger partial charge < -0.3 is 5.32 Å². The molecule has 1 saturated carbocycles. The molecule has 2 unspecified atom stereocenters. The number of hydrogen-bond acceptors (Lipinski definition) is 5. The maximum absolute atomic E-state index is 14.1. The number of benzene rings is 1. The number of halogens is 6. The van der Waals surface area contributed by atoms with Gasteiger partial charge >= 0.3 is 11.4 Å². The van der Waals surface area contributed by atoms with Gasteiger partial charge in [-0.3, -0.25) is 15.1 Å². The Morgan fingerprint density at radius 2 is 1.82 bits per heavy atom. The summed E-state index contributed by atoms with van der Waals surface area (Å²) < 4.78 is 80.9. The number of hydrogen-bond donors (Lipinski definition) is 2. The third-order valence-corrected chi connectivity index (χ3v) is 6.00. The minimum Gasteiger partial charge on any atom is -0.340 e. The fraction of sp³-hybridized carbons (Fsp3) is 0.409. The molecule has 1 aromatic heterocycles. The first-order valence-electron chi connectivity index (χ1n) is 10.1. The lowest BCUT2D eigenvalue weighted by molar-refractivity contribution is -0.159. The van der Waals surface area contributed by atoms with Gasteiger partial charge in [-0.05, 0) is 49.6 Å². The van der Waals surface area contributed by atoms with Crippen molar-refractivity contribution in [1.82, 2.24) is 15.6 Å². The molecule has 1 aromatic carbocycles. The SMILES string of the molecule is CC(CSC(F)(F)c1ccccn1)NC(c1ccc(F)cc1)C(F)(F)F.N#CC1(NC=O)CC1. The van der Waals surface area contributed by atoms with E-state index in [0.717, 1.165) is 43.2 Å². The number of pyridine rings is 1. The third kappa shape index (κ3) is 8.22. The van der Waals surface area contributed by atoms with E-state index in [1.54, 1.807) is 0 Å². The van der Waals surface area contributed by atoms with Crippen molar-refractivity contribution in [1.29, 1.82) is 5.26 Å². The minimum absolute atomic E-state index is 0.188. The van der Waals surface area contributed by atoms with Gasteiger partial charge in [-0.15, -0.1) is 0 Å². The molecule has 3 rings (SSSR count). The van der Waals surface area contributed by atoms with E-state index in [1.807, 2.05) is 6.07 Å². The maximum atomic E-state index is 14.1. The average Bonchev–Trinajstić information content (AvgIpc) is 3.57. The number of nitrogens with one attached hydrogen (secondary N) is 2. The summed E-state index contributed by atoms with van der Waals surface area (Å²) in [4.78, 5) is 13.3. The van der Waals surface area contributed by atoms with Crippen LogP contribution in [0.1, 0.15) is 37.1 Å². The van der Waals surface area contributed by atoms with Gasteiger partial charge in [-0.1, -0.05) is 30.0 Å². The van der Waals surface area contributed by atoms with E-state index in [9.17, 15) is 31.1 Å². The quantitative estimate of drug-likeness (QED) is 0.368. The lowest BCUT2D eigenvalue weighted by atomic mass is 10.1. The van der Waals surface area contributed by atoms with Crippen LogP contribution >= 0.6 is 11.8 Å². The number of alkyl halides is 5. The molecule has 0 saturated heterocycles. The van der Waals surface area contributed by atoms with Gasteiger partial charge in [0.1, 0.15) is 23.1 Å². The van der Waals surface area contributed by atoms with E-state index in [4.69, 9.17) is 5.26 Å². The molecule has 184 valence electrons. The Morgan fingerprint density at radius 3 is 2.26 bits per heavy atom. The Kier molecular flexibility index (Phi) is 9.35. The Hall–Kier alpha value is -2.78. The second-order valence-electron chi connectivity index (χ2n) is 7.59. The van der Waals surface area contributed by atoms with Crippen LogP contribution < -0.4 is 10.6 Å². The van der Waals surface area contributed by atoms with E-state index in [1.165, 1.54) is 25.3 Å². The molecule has 0 radical (unpaired) electrons. The summed E-state index contributed by atoms with van der Waals surface area (Å²) in [6, 6.07) is 6.98. The number of aromatic nitrogens is 1. The first kappa shape index (κ1) is 27.5. The van der Waals surface area contributed by atoms with Crippen LogP contribution in [-0.4, -0.2) is 34.9 Å². The van der Waals surface area contributed by atoms with E-state index in [0.29, 0.717) is 6.41 Å². The van der Waals surface area contributed by atoms with Crippen molar-refractivity contribution >= 4 is 18.2 Å². The molecular formula is C22H22F6N4OS. The Balaban J connectivity index is 0.000000430. The lowest BCUT2D eigenvalue weighted by Crippen LogP contribution is -2.40. The van der Waals surface area contributed by atoms with Crippen LogP contribution in [0.15, 0.2) is 48.7 Å². The highest BCUT2D eigenvalue weighted by molar-refractivity contribution is 7.99. The van der Waals surface area contributed by atoms with Crippen molar-refractivity contribution in [3.8, 4) is 6.07 Å². The normalized spacial score (nSPS) is 16.3. The monoisotopic (exact) mass is 504 g/mol. The van der Waals surface area contributed by atoms with Crippen LogP contribution in [0.25, 0.3) is 0 Å². The molecule has 2 aromatic rings. The number of amides is 1. The fourth-order valence-electron chi connectivity index (χ4n) is 2.73. The Labute approximate surface area is 196 Å². The summed E-state index contributed by atoms with van der Waals surface area (Å²) >= 11 is 0.204. The highest BCUT2D eigenvalue weighted by Crippen LogP contribution is 2.39. The largest absolute Gasteiger partial charge is 0.407 e. The molecule has 12 heteroatoms. The van der Waals surface area contributed by atoms with Gasteiger partial charge in [0.25, 0.3) is 0 Å². The van der Waals surface area contributed by atoms with E-state index in [2.05, 4.69) is 15.6 Å². The van der Waals surface area contributed by atoms with E-state index < -0.39 is 40.6 Å². The van der Waals surface area contributed by atoms with Crippen molar-refractivity contribution in [3.05, 3.63) is 65.7 Å². The van der Waals surface area contributed by atoms with Crippen LogP contribution in [0.2, 0.25) is 0 Å². The van der Waals surface area contributed by atoms with Gasteiger partial charge in [-0.2, -0.15) is 27.2 Å².